The molecule has 3 nitrogen and oxygen atoms in total. The van der Waals surface area contributed by atoms with E-state index in [-0.39, 0.29) is 0 Å². The van der Waals surface area contributed by atoms with Crippen molar-refractivity contribution in [2.75, 3.05) is 20.6 Å². The van der Waals surface area contributed by atoms with Crippen molar-refractivity contribution in [2.45, 2.75) is 26.3 Å². The average molecular weight is 159 g/mol. The maximum atomic E-state index is 5.39. The zero-order chi connectivity index (χ0) is 8.85. The first kappa shape index (κ1) is 10.9. The molecular weight excluding hydrogens is 138 g/mol. The zero-order valence-corrected chi connectivity index (χ0v) is 8.09. The maximum Gasteiger partial charge on any atom is 0.0340 e. The molecule has 1 atom stereocenters. The van der Waals surface area contributed by atoms with Crippen LogP contribution < -0.4 is 11.3 Å². The molecule has 0 saturated carbocycles. The van der Waals surface area contributed by atoms with Crippen molar-refractivity contribution in [3.63, 3.8) is 0 Å². The molecule has 3 heteroatoms. The van der Waals surface area contributed by atoms with Crippen molar-refractivity contribution in [3.05, 3.63) is 0 Å². The van der Waals surface area contributed by atoms with E-state index in [1.54, 1.807) is 0 Å². The third-order valence-electron chi connectivity index (χ3n) is 1.58. The predicted molar refractivity (Wildman–Crippen MR) is 49.1 cm³/mol. The zero-order valence-electron chi connectivity index (χ0n) is 8.09. The smallest absolute Gasteiger partial charge is 0.0340 e. The van der Waals surface area contributed by atoms with Crippen LogP contribution in [0.15, 0.2) is 0 Å². The van der Waals surface area contributed by atoms with Gasteiger partial charge in [-0.25, -0.2) is 0 Å². The van der Waals surface area contributed by atoms with Gasteiger partial charge in [-0.15, -0.1) is 0 Å². The second-order valence-corrected chi connectivity index (χ2v) is 3.76. The molecule has 11 heavy (non-hydrogen) atoms. The fourth-order valence-electron chi connectivity index (χ4n) is 1.21. The van der Waals surface area contributed by atoms with Crippen molar-refractivity contribution in [3.8, 4) is 0 Å². The summed E-state index contributed by atoms with van der Waals surface area (Å²) in [6, 6.07) is 0.421. The number of hydrogen-bond donors (Lipinski definition) is 2. The Morgan fingerprint density at radius 1 is 1.36 bits per heavy atom. The van der Waals surface area contributed by atoms with Gasteiger partial charge in [0.05, 0.1) is 0 Å². The van der Waals surface area contributed by atoms with Gasteiger partial charge in [0.15, 0.2) is 0 Å². The first-order chi connectivity index (χ1) is 5.06. The van der Waals surface area contributed by atoms with E-state index in [0.717, 1.165) is 13.0 Å². The number of likely N-dealkylation sites (N-methyl/N-ethyl adjacent to an activating group) is 1. The highest BCUT2D eigenvalue weighted by Crippen LogP contribution is 2.03. The fourth-order valence-corrected chi connectivity index (χ4v) is 1.21. The van der Waals surface area contributed by atoms with Gasteiger partial charge >= 0.3 is 0 Å². The van der Waals surface area contributed by atoms with Gasteiger partial charge in [0.1, 0.15) is 0 Å². The summed E-state index contributed by atoms with van der Waals surface area (Å²) in [7, 11) is 4.12. The minimum absolute atomic E-state index is 0.421. The number of hydrazine groups is 1. The summed E-state index contributed by atoms with van der Waals surface area (Å²) in [5.74, 6) is 6.10. The van der Waals surface area contributed by atoms with Crippen LogP contribution in [0.3, 0.4) is 0 Å². The first-order valence-electron chi connectivity index (χ1n) is 4.17. The molecule has 0 aliphatic rings. The molecule has 0 heterocycles. The molecule has 0 aliphatic heterocycles. The molecule has 0 rings (SSSR count). The maximum absolute atomic E-state index is 5.39. The molecule has 0 aliphatic carbocycles. The molecule has 0 radical (unpaired) electrons. The SMILES string of the molecule is CC(C)CC(CN(C)C)NN. The van der Waals surface area contributed by atoms with Crippen LogP contribution in [0.2, 0.25) is 0 Å². The normalized spacial score (nSPS) is 14.5. The van der Waals surface area contributed by atoms with Crippen molar-refractivity contribution in [1.29, 1.82) is 0 Å². The predicted octanol–water partition coefficient (Wildman–Crippen LogP) is 0.426. The fraction of sp³-hybridized carbons (Fsp3) is 1.00. The summed E-state index contributed by atoms with van der Waals surface area (Å²) in [5, 5.41) is 0. The van der Waals surface area contributed by atoms with Crippen molar-refractivity contribution < 1.29 is 0 Å². The Kier molecular flexibility index (Phi) is 5.46. The van der Waals surface area contributed by atoms with E-state index in [1.165, 1.54) is 0 Å². The lowest BCUT2D eigenvalue weighted by Crippen LogP contribution is -2.42. The van der Waals surface area contributed by atoms with E-state index in [2.05, 4.69) is 38.3 Å². The number of hydrogen-bond acceptors (Lipinski definition) is 3. The Hall–Kier alpha value is -0.120. The second-order valence-electron chi connectivity index (χ2n) is 3.76. The van der Waals surface area contributed by atoms with Gasteiger partial charge in [0.25, 0.3) is 0 Å². The average Bonchev–Trinajstić information content (AvgIpc) is 1.84. The summed E-state index contributed by atoms with van der Waals surface area (Å²) in [5.41, 5.74) is 2.82. The Balaban J connectivity index is 3.58. The first-order valence-corrected chi connectivity index (χ1v) is 4.17. The molecule has 3 N–H and O–H groups in total. The lowest BCUT2D eigenvalue weighted by Gasteiger charge is -2.21. The van der Waals surface area contributed by atoms with E-state index in [9.17, 15) is 0 Å². The topological polar surface area (TPSA) is 41.3 Å². The lowest BCUT2D eigenvalue weighted by atomic mass is 10.0. The van der Waals surface area contributed by atoms with Crippen molar-refractivity contribution in [2.24, 2.45) is 11.8 Å². The van der Waals surface area contributed by atoms with Crippen LogP contribution in [0.4, 0.5) is 0 Å². The highest BCUT2D eigenvalue weighted by atomic mass is 15.3. The van der Waals surface area contributed by atoms with Crippen LogP contribution in [0, 0.1) is 5.92 Å². The summed E-state index contributed by atoms with van der Waals surface area (Å²) < 4.78 is 0. The van der Waals surface area contributed by atoms with E-state index in [4.69, 9.17) is 5.84 Å². The Morgan fingerprint density at radius 3 is 2.18 bits per heavy atom. The van der Waals surface area contributed by atoms with Crippen LogP contribution >= 0.6 is 0 Å². The molecule has 0 bridgehead atoms. The molecule has 68 valence electrons. The standard InChI is InChI=1S/C8H21N3/c1-7(2)5-8(10-9)6-11(3)4/h7-8,10H,5-6,9H2,1-4H3. The molecule has 0 saturated heterocycles. The highest BCUT2D eigenvalue weighted by molar-refractivity contribution is 4.67. The highest BCUT2D eigenvalue weighted by Gasteiger charge is 2.08. The van der Waals surface area contributed by atoms with Gasteiger partial charge in [-0.3, -0.25) is 11.3 Å². The molecule has 0 amide bonds. The van der Waals surface area contributed by atoms with E-state index in [0.29, 0.717) is 12.0 Å². The van der Waals surface area contributed by atoms with E-state index < -0.39 is 0 Å². The number of nitrogens with one attached hydrogen (secondary N) is 1. The molecular formula is C8H21N3. The second kappa shape index (κ2) is 5.52. The van der Waals surface area contributed by atoms with Gasteiger partial charge in [0, 0.05) is 12.6 Å². The van der Waals surface area contributed by atoms with Crippen molar-refractivity contribution in [1.82, 2.24) is 10.3 Å². The summed E-state index contributed by atoms with van der Waals surface area (Å²) >= 11 is 0. The minimum Gasteiger partial charge on any atom is -0.308 e. The quantitative estimate of drug-likeness (QED) is 0.451. The summed E-state index contributed by atoms with van der Waals surface area (Å²) in [6.45, 7) is 5.43. The van der Waals surface area contributed by atoms with Crippen LogP contribution in [-0.4, -0.2) is 31.6 Å². The molecule has 0 fully saturated rings. The summed E-state index contributed by atoms with van der Waals surface area (Å²) in [6.07, 6.45) is 1.13. The van der Waals surface area contributed by atoms with Gasteiger partial charge in [-0.1, -0.05) is 13.8 Å². The third kappa shape index (κ3) is 6.28. The number of nitrogens with two attached hydrogens (primary N) is 1. The molecule has 1 unspecified atom stereocenters. The number of rotatable bonds is 5. The molecule has 0 spiro atoms. The van der Waals surface area contributed by atoms with E-state index >= 15 is 0 Å². The third-order valence-corrected chi connectivity index (χ3v) is 1.58. The van der Waals surface area contributed by atoms with Gasteiger partial charge in [0.2, 0.25) is 0 Å². The van der Waals surface area contributed by atoms with Crippen LogP contribution in [0.5, 0.6) is 0 Å². The van der Waals surface area contributed by atoms with Gasteiger partial charge < -0.3 is 4.90 Å². The van der Waals surface area contributed by atoms with E-state index in [1.807, 2.05) is 0 Å². The Morgan fingerprint density at radius 2 is 1.91 bits per heavy atom. The number of nitrogens with zero attached hydrogens (tertiary/aromatic N) is 1. The molecule has 0 aromatic rings. The minimum atomic E-state index is 0.421. The van der Waals surface area contributed by atoms with Crippen LogP contribution in [0.25, 0.3) is 0 Å². The molecule has 0 aromatic carbocycles. The van der Waals surface area contributed by atoms with Crippen LogP contribution in [-0.2, 0) is 0 Å². The Labute approximate surface area is 69.9 Å². The largest absolute Gasteiger partial charge is 0.308 e. The van der Waals surface area contributed by atoms with Crippen molar-refractivity contribution >= 4 is 0 Å². The molecule has 0 aromatic heterocycles. The van der Waals surface area contributed by atoms with Crippen LogP contribution in [0.1, 0.15) is 20.3 Å². The lowest BCUT2D eigenvalue weighted by molar-refractivity contribution is 0.308. The Bertz CT molecular complexity index is 81.3. The van der Waals surface area contributed by atoms with Gasteiger partial charge in [-0.05, 0) is 26.4 Å². The van der Waals surface area contributed by atoms with Gasteiger partial charge in [-0.2, -0.15) is 0 Å². The summed E-state index contributed by atoms with van der Waals surface area (Å²) in [4.78, 5) is 2.15. The monoisotopic (exact) mass is 159 g/mol.